The quantitative estimate of drug-likeness (QED) is 0.687. The lowest BCUT2D eigenvalue weighted by atomic mass is 10.5. The molecular formula is C7H14N2O3S. The second-order valence-electron chi connectivity index (χ2n) is 2.55. The van der Waals surface area contributed by atoms with E-state index in [4.69, 9.17) is 4.55 Å². The van der Waals surface area contributed by atoms with Gasteiger partial charge in [0, 0.05) is 18.4 Å². The van der Waals surface area contributed by atoms with E-state index in [0.717, 1.165) is 6.54 Å². The number of aryl methyl sites for hydroxylation is 2. The van der Waals surface area contributed by atoms with Crippen LogP contribution in [0, 0.1) is 6.92 Å². The van der Waals surface area contributed by atoms with Crippen molar-refractivity contribution in [2.24, 2.45) is 0 Å². The number of hydrogen-bond donors (Lipinski definition) is 1. The zero-order valence-corrected chi connectivity index (χ0v) is 8.74. The molecule has 0 radical (unpaired) electrons. The van der Waals surface area contributed by atoms with Gasteiger partial charge in [-0.3, -0.25) is 4.55 Å². The van der Waals surface area contributed by atoms with Crippen LogP contribution in [0.4, 0.5) is 0 Å². The van der Waals surface area contributed by atoms with Crippen molar-refractivity contribution in [3.05, 3.63) is 18.2 Å². The lowest BCUT2D eigenvalue weighted by Gasteiger charge is -1.95. The second kappa shape index (κ2) is 4.98. The van der Waals surface area contributed by atoms with Crippen molar-refractivity contribution in [3.63, 3.8) is 0 Å². The Labute approximate surface area is 78.2 Å². The number of hydrogen-bond acceptors (Lipinski definition) is 3. The number of aromatic nitrogens is 2. The SMILES string of the molecule is CCn1cncc1C.CS(=O)(=O)O. The summed E-state index contributed by atoms with van der Waals surface area (Å²) in [5.41, 5.74) is 1.23. The van der Waals surface area contributed by atoms with Crippen molar-refractivity contribution in [1.29, 1.82) is 0 Å². The van der Waals surface area contributed by atoms with Gasteiger partial charge < -0.3 is 4.57 Å². The molecule has 13 heavy (non-hydrogen) atoms. The molecule has 1 aromatic heterocycles. The molecule has 1 N–H and O–H groups in total. The van der Waals surface area contributed by atoms with Gasteiger partial charge in [-0.1, -0.05) is 0 Å². The standard InChI is InChI=1S/C6H10N2.CH4O3S/c1-3-8-5-7-4-6(8)2;1-5(2,3)4/h4-5H,3H2,1-2H3;1H3,(H,2,3,4). The molecule has 1 rings (SSSR count). The first-order valence-electron chi connectivity index (χ1n) is 3.73. The van der Waals surface area contributed by atoms with E-state index >= 15 is 0 Å². The van der Waals surface area contributed by atoms with E-state index in [-0.39, 0.29) is 0 Å². The molecule has 6 heteroatoms. The predicted octanol–water partition coefficient (Wildman–Crippen LogP) is 0.715. The van der Waals surface area contributed by atoms with Gasteiger partial charge in [0.2, 0.25) is 0 Å². The molecule has 0 aliphatic carbocycles. The summed E-state index contributed by atoms with van der Waals surface area (Å²) < 4.78 is 28.0. The molecule has 0 amide bonds. The minimum atomic E-state index is -3.67. The van der Waals surface area contributed by atoms with Crippen LogP contribution >= 0.6 is 0 Å². The van der Waals surface area contributed by atoms with Crippen LogP contribution in [0.1, 0.15) is 12.6 Å². The summed E-state index contributed by atoms with van der Waals surface area (Å²) in [4.78, 5) is 3.96. The Morgan fingerprint density at radius 2 is 2.08 bits per heavy atom. The third-order valence-electron chi connectivity index (χ3n) is 1.26. The van der Waals surface area contributed by atoms with E-state index in [1.807, 2.05) is 12.5 Å². The zero-order valence-electron chi connectivity index (χ0n) is 7.93. The third-order valence-corrected chi connectivity index (χ3v) is 1.26. The molecule has 1 aromatic rings. The monoisotopic (exact) mass is 206 g/mol. The van der Waals surface area contributed by atoms with Gasteiger partial charge in [-0.05, 0) is 13.8 Å². The van der Waals surface area contributed by atoms with E-state index in [2.05, 4.69) is 23.4 Å². The average Bonchev–Trinajstić information content (AvgIpc) is 2.31. The van der Waals surface area contributed by atoms with Crippen LogP contribution in [0.2, 0.25) is 0 Å². The Balaban J connectivity index is 0.000000252. The summed E-state index contributed by atoms with van der Waals surface area (Å²) in [6.07, 6.45) is 4.42. The summed E-state index contributed by atoms with van der Waals surface area (Å²) in [7, 11) is -3.67. The minimum absolute atomic E-state index is 0.715. The molecule has 0 aliphatic rings. The van der Waals surface area contributed by atoms with Gasteiger partial charge in [-0.25, -0.2) is 4.98 Å². The molecule has 0 saturated carbocycles. The topological polar surface area (TPSA) is 72.2 Å². The minimum Gasteiger partial charge on any atom is -0.335 e. The molecule has 76 valence electrons. The highest BCUT2D eigenvalue weighted by molar-refractivity contribution is 7.85. The Kier molecular flexibility index (Phi) is 4.64. The van der Waals surface area contributed by atoms with Gasteiger partial charge in [-0.2, -0.15) is 8.42 Å². The fourth-order valence-corrected chi connectivity index (χ4v) is 0.718. The molecule has 0 bridgehead atoms. The Hall–Kier alpha value is -0.880. The van der Waals surface area contributed by atoms with Crippen molar-refractivity contribution < 1.29 is 13.0 Å². The molecule has 0 unspecified atom stereocenters. The highest BCUT2D eigenvalue weighted by Crippen LogP contribution is 1.93. The zero-order chi connectivity index (χ0) is 10.5. The van der Waals surface area contributed by atoms with E-state index in [0.29, 0.717) is 6.26 Å². The lowest BCUT2D eigenvalue weighted by Crippen LogP contribution is -1.92. The largest absolute Gasteiger partial charge is 0.335 e. The predicted molar refractivity (Wildman–Crippen MR) is 50.1 cm³/mol. The van der Waals surface area contributed by atoms with Crippen LogP contribution in [0.3, 0.4) is 0 Å². The summed E-state index contributed by atoms with van der Waals surface area (Å²) >= 11 is 0. The first-order chi connectivity index (χ1) is 5.84. The first kappa shape index (κ1) is 12.1. The van der Waals surface area contributed by atoms with Gasteiger partial charge in [0.05, 0.1) is 12.6 Å². The van der Waals surface area contributed by atoms with Crippen LogP contribution in [-0.2, 0) is 16.7 Å². The molecule has 0 atom stereocenters. The van der Waals surface area contributed by atoms with Crippen LogP contribution in [0.5, 0.6) is 0 Å². The van der Waals surface area contributed by atoms with Gasteiger partial charge in [0.25, 0.3) is 10.1 Å². The molecular weight excluding hydrogens is 192 g/mol. The van der Waals surface area contributed by atoms with E-state index in [1.165, 1.54) is 5.69 Å². The molecule has 0 aromatic carbocycles. The number of rotatable bonds is 1. The second-order valence-corrected chi connectivity index (χ2v) is 4.02. The summed E-state index contributed by atoms with van der Waals surface area (Å²) in [5.74, 6) is 0. The fraction of sp³-hybridized carbons (Fsp3) is 0.571. The van der Waals surface area contributed by atoms with Gasteiger partial charge in [0.1, 0.15) is 0 Å². The molecule has 5 nitrogen and oxygen atoms in total. The molecule has 0 aliphatic heterocycles. The number of imidazole rings is 1. The average molecular weight is 206 g/mol. The highest BCUT2D eigenvalue weighted by Gasteiger charge is 1.88. The molecule has 1 heterocycles. The van der Waals surface area contributed by atoms with Gasteiger partial charge in [0.15, 0.2) is 0 Å². The van der Waals surface area contributed by atoms with Gasteiger partial charge >= 0.3 is 0 Å². The van der Waals surface area contributed by atoms with Crippen molar-refractivity contribution in [2.45, 2.75) is 20.4 Å². The normalized spacial score (nSPS) is 10.5. The smallest absolute Gasteiger partial charge is 0.261 e. The van der Waals surface area contributed by atoms with Gasteiger partial charge in [-0.15, -0.1) is 0 Å². The fourth-order valence-electron chi connectivity index (χ4n) is 0.718. The van der Waals surface area contributed by atoms with Crippen LogP contribution in [0.25, 0.3) is 0 Å². The maximum Gasteiger partial charge on any atom is 0.261 e. The Morgan fingerprint density at radius 1 is 1.62 bits per heavy atom. The van der Waals surface area contributed by atoms with E-state index < -0.39 is 10.1 Å². The number of nitrogens with zero attached hydrogens (tertiary/aromatic N) is 2. The maximum atomic E-state index is 9.19. The molecule has 0 saturated heterocycles. The van der Waals surface area contributed by atoms with E-state index in [1.54, 1.807) is 0 Å². The van der Waals surface area contributed by atoms with E-state index in [9.17, 15) is 8.42 Å². The highest BCUT2D eigenvalue weighted by atomic mass is 32.2. The van der Waals surface area contributed by atoms with Crippen LogP contribution < -0.4 is 0 Å². The third kappa shape index (κ3) is 7.48. The van der Waals surface area contributed by atoms with Crippen LogP contribution in [-0.4, -0.2) is 28.8 Å². The van der Waals surface area contributed by atoms with Crippen molar-refractivity contribution in [2.75, 3.05) is 6.26 Å². The lowest BCUT2D eigenvalue weighted by molar-refractivity contribution is 0.490. The first-order valence-corrected chi connectivity index (χ1v) is 5.58. The maximum absolute atomic E-state index is 9.19. The van der Waals surface area contributed by atoms with Crippen molar-refractivity contribution in [3.8, 4) is 0 Å². The molecule has 0 fully saturated rings. The van der Waals surface area contributed by atoms with Crippen molar-refractivity contribution in [1.82, 2.24) is 9.55 Å². The summed E-state index contributed by atoms with van der Waals surface area (Å²) in [5, 5.41) is 0. The summed E-state index contributed by atoms with van der Waals surface area (Å²) in [6.45, 7) is 5.18. The Morgan fingerprint density at radius 3 is 2.23 bits per heavy atom. The molecule has 0 spiro atoms. The summed E-state index contributed by atoms with van der Waals surface area (Å²) in [6, 6.07) is 0. The van der Waals surface area contributed by atoms with Crippen LogP contribution in [0.15, 0.2) is 12.5 Å². The Bertz CT molecular complexity index is 334. The van der Waals surface area contributed by atoms with Crippen molar-refractivity contribution >= 4 is 10.1 Å².